The van der Waals surface area contributed by atoms with Crippen molar-refractivity contribution in [3.8, 4) is 0 Å². The van der Waals surface area contributed by atoms with Crippen molar-refractivity contribution in [2.75, 3.05) is 14.1 Å². The van der Waals surface area contributed by atoms with Gasteiger partial charge in [0.05, 0.1) is 5.02 Å². The summed E-state index contributed by atoms with van der Waals surface area (Å²) in [4.78, 5) is 29.5. The van der Waals surface area contributed by atoms with Crippen molar-refractivity contribution in [3.63, 3.8) is 0 Å². The first kappa shape index (κ1) is 18.9. The number of aromatic nitrogens is 1. The maximum Gasteiger partial charge on any atom is 0.268 e. The fourth-order valence-corrected chi connectivity index (χ4v) is 3.01. The molecule has 1 heterocycles. The van der Waals surface area contributed by atoms with Gasteiger partial charge in [-0.25, -0.2) is 4.39 Å². The molecule has 1 aromatic heterocycles. The number of benzene rings is 2. The van der Waals surface area contributed by atoms with Gasteiger partial charge in [-0.05, 0) is 23.8 Å². The molecule has 0 radical (unpaired) electrons. The number of rotatable bonds is 5. The lowest BCUT2D eigenvalue weighted by molar-refractivity contribution is -0.130. The third-order valence-electron chi connectivity index (χ3n) is 4.23. The van der Waals surface area contributed by atoms with Crippen LogP contribution in [0.2, 0.25) is 5.02 Å². The minimum atomic E-state index is -0.721. The molecule has 3 aromatic rings. The second-order valence-corrected chi connectivity index (χ2v) is 6.89. The van der Waals surface area contributed by atoms with E-state index in [1.807, 2.05) is 30.3 Å². The van der Waals surface area contributed by atoms with E-state index in [-0.39, 0.29) is 16.6 Å². The highest BCUT2D eigenvalue weighted by Crippen LogP contribution is 2.23. The average Bonchev–Trinajstić information content (AvgIpc) is 3.04. The molecular weight excluding hydrogens is 369 g/mol. The molecule has 3 rings (SSSR count). The predicted molar refractivity (Wildman–Crippen MR) is 103 cm³/mol. The Morgan fingerprint density at radius 1 is 1.19 bits per heavy atom. The Bertz CT molecular complexity index is 947. The van der Waals surface area contributed by atoms with Gasteiger partial charge in [0.25, 0.3) is 5.91 Å². The molecule has 0 aliphatic heterocycles. The van der Waals surface area contributed by atoms with Gasteiger partial charge in [-0.3, -0.25) is 9.59 Å². The van der Waals surface area contributed by atoms with Crippen molar-refractivity contribution in [1.29, 1.82) is 0 Å². The Kier molecular flexibility index (Phi) is 5.46. The van der Waals surface area contributed by atoms with Crippen molar-refractivity contribution in [2.45, 2.75) is 12.5 Å². The molecule has 0 saturated heterocycles. The van der Waals surface area contributed by atoms with E-state index in [4.69, 9.17) is 11.6 Å². The molecule has 1 atom stereocenters. The summed E-state index contributed by atoms with van der Waals surface area (Å²) in [5, 5.41) is 3.27. The Hall–Kier alpha value is -2.86. The van der Waals surface area contributed by atoms with Crippen LogP contribution in [0.3, 0.4) is 0 Å². The SMILES string of the molecule is CN(C)C(=O)[C@H](Cc1ccccc1)NC(=O)c1cc2cc(F)c(Cl)cc2[nH]1. The number of fused-ring (bicyclic) bond motifs is 1. The summed E-state index contributed by atoms with van der Waals surface area (Å²) in [6.07, 6.45) is 0.365. The van der Waals surface area contributed by atoms with Gasteiger partial charge in [-0.15, -0.1) is 0 Å². The summed E-state index contributed by atoms with van der Waals surface area (Å²) >= 11 is 5.78. The van der Waals surface area contributed by atoms with Crippen molar-refractivity contribution >= 4 is 34.3 Å². The lowest BCUT2D eigenvalue weighted by Crippen LogP contribution is -2.47. The number of carbonyl (C=O) groups excluding carboxylic acids is 2. The van der Waals surface area contributed by atoms with Crippen molar-refractivity contribution in [3.05, 3.63) is 70.6 Å². The molecule has 7 heteroatoms. The Balaban J connectivity index is 1.84. The fraction of sp³-hybridized carbons (Fsp3) is 0.200. The first-order valence-electron chi connectivity index (χ1n) is 8.39. The van der Waals surface area contributed by atoms with Gasteiger partial charge in [0.15, 0.2) is 0 Å². The Morgan fingerprint density at radius 3 is 2.56 bits per heavy atom. The lowest BCUT2D eigenvalue weighted by Gasteiger charge is -2.21. The van der Waals surface area contributed by atoms with E-state index in [9.17, 15) is 14.0 Å². The van der Waals surface area contributed by atoms with Gasteiger partial charge in [0, 0.05) is 31.4 Å². The smallest absolute Gasteiger partial charge is 0.268 e. The molecule has 5 nitrogen and oxygen atoms in total. The highest BCUT2D eigenvalue weighted by Gasteiger charge is 2.24. The maximum absolute atomic E-state index is 13.6. The van der Waals surface area contributed by atoms with Crippen LogP contribution in [0.15, 0.2) is 48.5 Å². The van der Waals surface area contributed by atoms with Crippen LogP contribution in [0.25, 0.3) is 10.9 Å². The Labute approximate surface area is 161 Å². The average molecular weight is 388 g/mol. The molecule has 0 saturated carbocycles. The third kappa shape index (κ3) is 4.28. The highest BCUT2D eigenvalue weighted by atomic mass is 35.5. The lowest BCUT2D eigenvalue weighted by atomic mass is 10.0. The number of carbonyl (C=O) groups is 2. The second-order valence-electron chi connectivity index (χ2n) is 6.49. The number of likely N-dealkylation sites (N-methyl/N-ethyl adjacent to an activating group) is 1. The third-order valence-corrected chi connectivity index (χ3v) is 4.52. The summed E-state index contributed by atoms with van der Waals surface area (Å²) in [5.41, 5.74) is 1.71. The van der Waals surface area contributed by atoms with E-state index in [1.54, 1.807) is 14.1 Å². The zero-order chi connectivity index (χ0) is 19.6. The summed E-state index contributed by atoms with van der Waals surface area (Å²) in [6, 6.07) is 12.9. The molecule has 2 aromatic carbocycles. The van der Waals surface area contributed by atoms with E-state index >= 15 is 0 Å². The van der Waals surface area contributed by atoms with Gasteiger partial charge in [-0.2, -0.15) is 0 Å². The minimum Gasteiger partial charge on any atom is -0.350 e. The van der Waals surface area contributed by atoms with Crippen LogP contribution in [-0.2, 0) is 11.2 Å². The van der Waals surface area contributed by atoms with Crippen LogP contribution in [-0.4, -0.2) is 41.8 Å². The quantitative estimate of drug-likeness (QED) is 0.704. The standard InChI is InChI=1S/C20H19ClFN3O2/c1-25(2)20(27)18(8-12-6-4-3-5-7-12)24-19(26)17-10-13-9-15(22)14(21)11-16(13)23-17/h3-7,9-11,18,23H,8H2,1-2H3,(H,24,26)/t18-/m0/s1. The number of hydrogen-bond acceptors (Lipinski definition) is 2. The van der Waals surface area contributed by atoms with Crippen LogP contribution in [0.4, 0.5) is 4.39 Å². The van der Waals surface area contributed by atoms with Gasteiger partial charge in [0.1, 0.15) is 17.6 Å². The van der Waals surface area contributed by atoms with Crippen LogP contribution in [0.5, 0.6) is 0 Å². The predicted octanol–water partition coefficient (Wildman–Crippen LogP) is 3.39. The van der Waals surface area contributed by atoms with Gasteiger partial charge < -0.3 is 15.2 Å². The van der Waals surface area contributed by atoms with Crippen molar-refractivity contribution in [1.82, 2.24) is 15.2 Å². The van der Waals surface area contributed by atoms with E-state index in [0.29, 0.717) is 17.3 Å². The second kappa shape index (κ2) is 7.80. The molecule has 2 N–H and O–H groups in total. The van der Waals surface area contributed by atoms with E-state index in [0.717, 1.165) is 5.56 Å². The zero-order valence-electron chi connectivity index (χ0n) is 14.9. The number of halogens is 2. The Morgan fingerprint density at radius 2 is 1.89 bits per heavy atom. The number of hydrogen-bond donors (Lipinski definition) is 2. The number of H-pyrrole nitrogens is 1. The highest BCUT2D eigenvalue weighted by molar-refractivity contribution is 6.31. The normalized spacial score (nSPS) is 12.0. The molecule has 0 aliphatic rings. The largest absolute Gasteiger partial charge is 0.350 e. The van der Waals surface area contributed by atoms with Crippen LogP contribution < -0.4 is 5.32 Å². The van der Waals surface area contributed by atoms with E-state index < -0.39 is 17.8 Å². The number of aromatic amines is 1. The van der Waals surface area contributed by atoms with Gasteiger partial charge in [-0.1, -0.05) is 41.9 Å². The monoisotopic (exact) mass is 387 g/mol. The zero-order valence-corrected chi connectivity index (χ0v) is 15.7. The first-order chi connectivity index (χ1) is 12.8. The summed E-state index contributed by atoms with van der Waals surface area (Å²) in [7, 11) is 3.28. The summed E-state index contributed by atoms with van der Waals surface area (Å²) in [6.45, 7) is 0. The maximum atomic E-state index is 13.6. The molecule has 0 bridgehead atoms. The minimum absolute atomic E-state index is 0.0268. The number of nitrogens with one attached hydrogen (secondary N) is 2. The van der Waals surface area contributed by atoms with Gasteiger partial charge in [0.2, 0.25) is 5.91 Å². The van der Waals surface area contributed by atoms with Crippen molar-refractivity contribution in [2.24, 2.45) is 0 Å². The first-order valence-corrected chi connectivity index (χ1v) is 8.76. The molecule has 0 spiro atoms. The molecule has 140 valence electrons. The van der Waals surface area contributed by atoms with Crippen molar-refractivity contribution < 1.29 is 14.0 Å². The van der Waals surface area contributed by atoms with Crippen LogP contribution in [0, 0.1) is 5.82 Å². The fourth-order valence-electron chi connectivity index (χ4n) is 2.85. The summed E-state index contributed by atoms with van der Waals surface area (Å²) in [5.74, 6) is -1.21. The number of amides is 2. The van der Waals surface area contributed by atoms with E-state index in [1.165, 1.54) is 23.1 Å². The van der Waals surface area contributed by atoms with Gasteiger partial charge >= 0.3 is 0 Å². The van der Waals surface area contributed by atoms with Crippen LogP contribution in [0.1, 0.15) is 16.1 Å². The molecule has 27 heavy (non-hydrogen) atoms. The van der Waals surface area contributed by atoms with E-state index in [2.05, 4.69) is 10.3 Å². The molecule has 0 fully saturated rings. The molecular formula is C20H19ClFN3O2. The molecule has 0 unspecified atom stereocenters. The summed E-state index contributed by atoms with van der Waals surface area (Å²) < 4.78 is 13.6. The number of nitrogens with zero attached hydrogens (tertiary/aromatic N) is 1. The molecule has 0 aliphatic carbocycles. The van der Waals surface area contributed by atoms with Crippen LogP contribution >= 0.6 is 11.6 Å². The topological polar surface area (TPSA) is 65.2 Å². The molecule has 2 amide bonds.